The molecule has 144 valence electrons. The standard InChI is InChI=1S/C22H28N2O3/c1-15-6-7-19(16(2)12-15)14-24(4)22(26)13-21(23-17(3)25)18-8-10-20(27-5)11-9-18/h6-12,21H,13-14H2,1-5H3,(H,23,25). The van der Waals surface area contributed by atoms with Gasteiger partial charge in [0.2, 0.25) is 11.8 Å². The van der Waals surface area contributed by atoms with Crippen LogP contribution in [-0.4, -0.2) is 30.9 Å². The second kappa shape index (κ2) is 9.21. The monoisotopic (exact) mass is 368 g/mol. The van der Waals surface area contributed by atoms with E-state index in [1.165, 1.54) is 18.1 Å². The van der Waals surface area contributed by atoms with E-state index in [1.807, 2.05) is 24.3 Å². The number of nitrogens with one attached hydrogen (secondary N) is 1. The largest absolute Gasteiger partial charge is 0.497 e. The summed E-state index contributed by atoms with van der Waals surface area (Å²) < 4.78 is 5.17. The molecule has 0 bridgehead atoms. The third-order valence-corrected chi connectivity index (χ3v) is 4.61. The fourth-order valence-corrected chi connectivity index (χ4v) is 3.03. The molecule has 0 aliphatic heterocycles. The van der Waals surface area contributed by atoms with Crippen molar-refractivity contribution in [2.24, 2.45) is 0 Å². The van der Waals surface area contributed by atoms with Crippen LogP contribution in [0.3, 0.4) is 0 Å². The molecule has 2 aromatic carbocycles. The molecule has 0 saturated heterocycles. The molecule has 2 rings (SSSR count). The van der Waals surface area contributed by atoms with Gasteiger partial charge < -0.3 is 15.0 Å². The lowest BCUT2D eigenvalue weighted by Gasteiger charge is -2.23. The first-order chi connectivity index (χ1) is 12.8. The molecule has 5 heteroatoms. The van der Waals surface area contributed by atoms with Gasteiger partial charge in [-0.1, -0.05) is 35.9 Å². The summed E-state index contributed by atoms with van der Waals surface area (Å²) in [6, 6.07) is 13.3. The van der Waals surface area contributed by atoms with Crippen molar-refractivity contribution < 1.29 is 14.3 Å². The molecule has 1 atom stereocenters. The van der Waals surface area contributed by atoms with Gasteiger partial charge in [0.1, 0.15) is 5.75 Å². The van der Waals surface area contributed by atoms with Gasteiger partial charge in [-0.2, -0.15) is 0 Å². The fraction of sp³-hybridized carbons (Fsp3) is 0.364. The van der Waals surface area contributed by atoms with Gasteiger partial charge in [-0.15, -0.1) is 0 Å². The lowest BCUT2D eigenvalue weighted by atomic mass is 10.0. The minimum absolute atomic E-state index is 0.0236. The van der Waals surface area contributed by atoms with E-state index in [4.69, 9.17) is 4.74 Å². The third-order valence-electron chi connectivity index (χ3n) is 4.61. The Balaban J connectivity index is 2.10. The molecule has 5 nitrogen and oxygen atoms in total. The lowest BCUT2D eigenvalue weighted by molar-refractivity contribution is -0.131. The first-order valence-electron chi connectivity index (χ1n) is 9.01. The topological polar surface area (TPSA) is 58.6 Å². The molecule has 0 spiro atoms. The second-order valence-electron chi connectivity index (χ2n) is 6.91. The highest BCUT2D eigenvalue weighted by Gasteiger charge is 2.20. The van der Waals surface area contributed by atoms with Crippen LogP contribution in [0.1, 0.15) is 41.6 Å². The Bertz CT molecular complexity index is 800. The normalized spacial score (nSPS) is 11.6. The highest BCUT2D eigenvalue weighted by molar-refractivity contribution is 5.79. The van der Waals surface area contributed by atoms with E-state index in [0.717, 1.165) is 16.9 Å². The summed E-state index contributed by atoms with van der Waals surface area (Å²) in [4.78, 5) is 26.1. The van der Waals surface area contributed by atoms with Crippen molar-refractivity contribution in [3.05, 3.63) is 64.7 Å². The highest BCUT2D eigenvalue weighted by atomic mass is 16.5. The number of amides is 2. The van der Waals surface area contributed by atoms with Crippen LogP contribution >= 0.6 is 0 Å². The zero-order chi connectivity index (χ0) is 20.0. The maximum Gasteiger partial charge on any atom is 0.225 e. The van der Waals surface area contributed by atoms with Crippen LogP contribution < -0.4 is 10.1 Å². The average Bonchev–Trinajstić information content (AvgIpc) is 2.63. The van der Waals surface area contributed by atoms with Crippen molar-refractivity contribution in [1.29, 1.82) is 0 Å². The maximum atomic E-state index is 12.8. The molecule has 0 saturated carbocycles. The van der Waals surface area contributed by atoms with Crippen LogP contribution in [-0.2, 0) is 16.1 Å². The summed E-state index contributed by atoms with van der Waals surface area (Å²) in [5.41, 5.74) is 4.37. The van der Waals surface area contributed by atoms with Crippen LogP contribution in [0.5, 0.6) is 5.75 Å². The summed E-state index contributed by atoms with van der Waals surface area (Å²) in [6.45, 7) is 6.11. The van der Waals surface area contributed by atoms with Crippen molar-refractivity contribution in [2.75, 3.05) is 14.2 Å². The van der Waals surface area contributed by atoms with E-state index in [9.17, 15) is 9.59 Å². The number of rotatable bonds is 7. The predicted octanol–water partition coefficient (Wildman–Crippen LogP) is 3.54. The van der Waals surface area contributed by atoms with Gasteiger partial charge >= 0.3 is 0 Å². The Kier molecular flexibility index (Phi) is 6.99. The number of aryl methyl sites for hydroxylation is 2. The van der Waals surface area contributed by atoms with E-state index in [-0.39, 0.29) is 24.3 Å². The third kappa shape index (κ3) is 5.84. The van der Waals surface area contributed by atoms with Crippen molar-refractivity contribution in [3.63, 3.8) is 0 Å². The van der Waals surface area contributed by atoms with Crippen molar-refractivity contribution >= 4 is 11.8 Å². The molecule has 0 fully saturated rings. The zero-order valence-electron chi connectivity index (χ0n) is 16.7. The number of carbonyl (C=O) groups excluding carboxylic acids is 2. The predicted molar refractivity (Wildman–Crippen MR) is 107 cm³/mol. The Hall–Kier alpha value is -2.82. The molecule has 27 heavy (non-hydrogen) atoms. The quantitative estimate of drug-likeness (QED) is 0.813. The number of hydrogen-bond donors (Lipinski definition) is 1. The molecule has 2 amide bonds. The van der Waals surface area contributed by atoms with Gasteiger partial charge in [-0.25, -0.2) is 0 Å². The molecule has 0 heterocycles. The first-order valence-corrected chi connectivity index (χ1v) is 9.01. The molecule has 0 aliphatic rings. The minimum atomic E-state index is -0.373. The van der Waals surface area contributed by atoms with Gasteiger partial charge in [0.05, 0.1) is 19.6 Å². The van der Waals surface area contributed by atoms with Crippen molar-refractivity contribution in [3.8, 4) is 5.75 Å². The van der Waals surface area contributed by atoms with E-state index in [1.54, 1.807) is 19.1 Å². The Labute approximate surface area is 161 Å². The van der Waals surface area contributed by atoms with Crippen LogP contribution in [0.15, 0.2) is 42.5 Å². The number of hydrogen-bond acceptors (Lipinski definition) is 3. The van der Waals surface area contributed by atoms with E-state index >= 15 is 0 Å². The second-order valence-corrected chi connectivity index (χ2v) is 6.91. The lowest BCUT2D eigenvalue weighted by Crippen LogP contribution is -2.33. The molecular weight excluding hydrogens is 340 g/mol. The summed E-state index contributed by atoms with van der Waals surface area (Å²) in [5.74, 6) is 0.545. The number of methoxy groups -OCH3 is 1. The number of carbonyl (C=O) groups is 2. The minimum Gasteiger partial charge on any atom is -0.497 e. The fourth-order valence-electron chi connectivity index (χ4n) is 3.03. The molecule has 0 radical (unpaired) electrons. The number of nitrogens with zero attached hydrogens (tertiary/aromatic N) is 1. The molecule has 0 aromatic heterocycles. The van der Waals surface area contributed by atoms with Gasteiger partial charge in [-0.05, 0) is 42.7 Å². The van der Waals surface area contributed by atoms with Crippen LogP contribution in [0, 0.1) is 13.8 Å². The summed E-state index contributed by atoms with van der Waals surface area (Å²) in [6.07, 6.45) is 0.202. The Morgan fingerprint density at radius 3 is 2.33 bits per heavy atom. The van der Waals surface area contributed by atoms with Crippen molar-refractivity contribution in [2.45, 2.75) is 39.8 Å². The zero-order valence-corrected chi connectivity index (χ0v) is 16.7. The van der Waals surface area contributed by atoms with Crippen molar-refractivity contribution in [1.82, 2.24) is 10.2 Å². The summed E-state index contributed by atoms with van der Waals surface area (Å²) in [7, 11) is 3.40. The SMILES string of the molecule is COc1ccc(C(CC(=O)N(C)Cc2ccc(C)cc2C)NC(C)=O)cc1. The highest BCUT2D eigenvalue weighted by Crippen LogP contribution is 2.22. The average molecular weight is 368 g/mol. The maximum absolute atomic E-state index is 12.8. The molecule has 1 unspecified atom stereocenters. The summed E-state index contributed by atoms with van der Waals surface area (Å²) in [5, 5.41) is 2.87. The smallest absolute Gasteiger partial charge is 0.225 e. The van der Waals surface area contributed by atoms with Gasteiger partial charge in [0.15, 0.2) is 0 Å². The van der Waals surface area contributed by atoms with Crippen LogP contribution in [0.2, 0.25) is 0 Å². The van der Waals surface area contributed by atoms with Gasteiger partial charge in [0, 0.05) is 20.5 Å². The molecule has 0 aliphatic carbocycles. The first kappa shape index (κ1) is 20.5. The van der Waals surface area contributed by atoms with Gasteiger partial charge in [-0.3, -0.25) is 9.59 Å². The van der Waals surface area contributed by atoms with E-state index in [2.05, 4.69) is 37.4 Å². The molecule has 2 aromatic rings. The Morgan fingerprint density at radius 2 is 1.78 bits per heavy atom. The van der Waals surface area contributed by atoms with Gasteiger partial charge in [0.25, 0.3) is 0 Å². The number of ether oxygens (including phenoxy) is 1. The van der Waals surface area contributed by atoms with E-state index in [0.29, 0.717) is 6.54 Å². The molecule has 1 N–H and O–H groups in total. The van der Waals surface area contributed by atoms with E-state index < -0.39 is 0 Å². The molecular formula is C22H28N2O3. The summed E-state index contributed by atoms with van der Waals surface area (Å²) >= 11 is 0. The van der Waals surface area contributed by atoms with Crippen LogP contribution in [0.4, 0.5) is 0 Å². The van der Waals surface area contributed by atoms with Crippen LogP contribution in [0.25, 0.3) is 0 Å². The Morgan fingerprint density at radius 1 is 1.11 bits per heavy atom. The number of benzene rings is 2.